The van der Waals surface area contributed by atoms with Crippen molar-refractivity contribution in [3.8, 4) is 0 Å². The molecule has 2 atom stereocenters. The predicted molar refractivity (Wildman–Crippen MR) is 58.3 cm³/mol. The Morgan fingerprint density at radius 1 is 1.37 bits per heavy atom. The number of halogens is 1. The van der Waals surface area contributed by atoms with E-state index in [1.807, 2.05) is 18.7 Å². The second kappa shape index (κ2) is 6.13. The molecule has 0 aromatic carbocycles. The molecule has 2 fully saturated rings. The zero-order valence-electron chi connectivity index (χ0n) is 11.1. The maximum atomic E-state index is 12.0. The van der Waals surface area contributed by atoms with Gasteiger partial charge in [-0.05, 0) is 24.7 Å². The first-order valence-electron chi connectivity index (χ1n) is 5.68. The standard InChI is InChI=1S/C10H18NO2S.ClHO4/c1-10(2)11-8(6-13-10)4-5-14(3)7-9(11)12;2-1(3,4)5/h8H,4-7H2,1-3H3;(H,2,3,4,5)/q+1;/p-1/t8-,14?;/m1./s1. The number of carbonyl (C=O) groups excluding carboxylic acids is 1. The van der Waals surface area contributed by atoms with Crippen LogP contribution in [-0.2, 0) is 20.4 Å². The zero-order chi connectivity index (χ0) is 14.8. The Labute approximate surface area is 117 Å². The SMILES string of the molecule is C[S+]1CC[C@@H]2COC(C)(C)N2C(=O)C1.[O-][Cl+3]([O-])([O-])[O-]. The number of nitrogens with zero attached hydrogens (tertiary/aromatic N) is 1. The third-order valence-corrected chi connectivity index (χ3v) is 4.68. The van der Waals surface area contributed by atoms with Crippen molar-refractivity contribution in [3.05, 3.63) is 0 Å². The number of rotatable bonds is 0. The van der Waals surface area contributed by atoms with Gasteiger partial charge in [0.05, 0.1) is 18.9 Å². The summed E-state index contributed by atoms with van der Waals surface area (Å²) in [5.41, 5.74) is -0.379. The number of hydrogen-bond donors (Lipinski definition) is 0. The monoisotopic (exact) mass is 315 g/mol. The summed E-state index contributed by atoms with van der Waals surface area (Å²) in [5, 5.41) is 0. The molecule has 112 valence electrons. The third kappa shape index (κ3) is 5.42. The first-order chi connectivity index (χ1) is 8.50. The summed E-state index contributed by atoms with van der Waals surface area (Å²) in [4.78, 5) is 13.9. The molecule has 0 saturated carbocycles. The van der Waals surface area contributed by atoms with Gasteiger partial charge in [-0.2, -0.15) is 0 Å². The lowest BCUT2D eigenvalue weighted by Gasteiger charge is -2.31. The molecule has 1 amide bonds. The number of carbonyl (C=O) groups is 1. The number of ether oxygens (including phenoxy) is 1. The van der Waals surface area contributed by atoms with Crippen molar-refractivity contribution in [1.29, 1.82) is 0 Å². The highest BCUT2D eigenvalue weighted by Crippen LogP contribution is 2.31. The van der Waals surface area contributed by atoms with Crippen molar-refractivity contribution in [1.82, 2.24) is 4.90 Å². The second-order valence-electron chi connectivity index (χ2n) is 4.97. The molecule has 0 radical (unpaired) electrons. The number of fused-ring (bicyclic) bond motifs is 1. The van der Waals surface area contributed by atoms with Crippen LogP contribution in [0.3, 0.4) is 0 Å². The summed E-state index contributed by atoms with van der Waals surface area (Å²) >= 11 is 0. The molecule has 0 N–H and O–H groups in total. The maximum absolute atomic E-state index is 12.0. The minimum atomic E-state index is -4.94. The molecule has 9 heteroatoms. The van der Waals surface area contributed by atoms with Crippen molar-refractivity contribution < 1.29 is 38.4 Å². The lowest BCUT2D eigenvalue weighted by Crippen LogP contribution is -2.68. The van der Waals surface area contributed by atoms with Crippen LogP contribution in [0.25, 0.3) is 0 Å². The van der Waals surface area contributed by atoms with Crippen LogP contribution in [0, 0.1) is 10.2 Å². The normalized spacial score (nSPS) is 30.3. The van der Waals surface area contributed by atoms with Crippen LogP contribution in [0.2, 0.25) is 0 Å². The third-order valence-electron chi connectivity index (χ3n) is 3.01. The van der Waals surface area contributed by atoms with E-state index in [1.54, 1.807) is 0 Å². The summed E-state index contributed by atoms with van der Waals surface area (Å²) in [7, 11) is -4.67. The van der Waals surface area contributed by atoms with Crippen LogP contribution in [0.4, 0.5) is 0 Å². The molecule has 2 aliphatic rings. The summed E-state index contributed by atoms with van der Waals surface area (Å²) < 4.78 is 39.6. The van der Waals surface area contributed by atoms with Crippen LogP contribution in [0.15, 0.2) is 0 Å². The zero-order valence-corrected chi connectivity index (χ0v) is 12.7. The Morgan fingerprint density at radius 3 is 2.42 bits per heavy atom. The van der Waals surface area contributed by atoms with Gasteiger partial charge >= 0.3 is 0 Å². The van der Waals surface area contributed by atoms with E-state index in [1.165, 1.54) is 5.75 Å². The van der Waals surface area contributed by atoms with E-state index in [0.29, 0.717) is 11.8 Å². The molecule has 2 heterocycles. The lowest BCUT2D eigenvalue weighted by molar-refractivity contribution is -2.00. The molecule has 2 rings (SSSR count). The van der Waals surface area contributed by atoms with Gasteiger partial charge in [-0.1, -0.05) is 0 Å². The highest BCUT2D eigenvalue weighted by Gasteiger charge is 2.47. The van der Waals surface area contributed by atoms with Crippen molar-refractivity contribution in [2.75, 3.05) is 24.4 Å². The van der Waals surface area contributed by atoms with Gasteiger partial charge in [-0.15, -0.1) is 10.2 Å². The molecule has 7 nitrogen and oxygen atoms in total. The van der Waals surface area contributed by atoms with E-state index < -0.39 is 10.2 Å². The van der Waals surface area contributed by atoms with Gasteiger partial charge in [0.1, 0.15) is 11.5 Å². The van der Waals surface area contributed by atoms with Gasteiger partial charge in [-0.3, -0.25) is 4.79 Å². The van der Waals surface area contributed by atoms with Crippen LogP contribution in [0.5, 0.6) is 0 Å². The van der Waals surface area contributed by atoms with Crippen molar-refractivity contribution in [2.45, 2.75) is 32.0 Å². The van der Waals surface area contributed by atoms with Gasteiger partial charge < -0.3 is 9.64 Å². The Morgan fingerprint density at radius 2 is 1.89 bits per heavy atom. The Bertz CT molecular complexity index is 328. The molecule has 0 aromatic heterocycles. The van der Waals surface area contributed by atoms with E-state index in [4.69, 9.17) is 23.4 Å². The fraction of sp³-hybridized carbons (Fsp3) is 0.900. The minimum Gasteiger partial charge on any atom is -0.354 e. The molecule has 0 bridgehead atoms. The quantitative estimate of drug-likeness (QED) is 0.418. The lowest BCUT2D eigenvalue weighted by atomic mass is 10.1. The molecule has 1 unspecified atom stereocenters. The van der Waals surface area contributed by atoms with Gasteiger partial charge in [0.2, 0.25) is 0 Å². The van der Waals surface area contributed by atoms with E-state index in [0.717, 1.165) is 13.0 Å². The molecular weight excluding hydrogens is 298 g/mol. The van der Waals surface area contributed by atoms with Gasteiger partial charge in [0.25, 0.3) is 5.91 Å². The first-order valence-corrected chi connectivity index (χ1v) is 8.88. The smallest absolute Gasteiger partial charge is 0.275 e. The van der Waals surface area contributed by atoms with Crippen LogP contribution in [-0.4, -0.2) is 46.9 Å². The molecule has 0 aromatic rings. The second-order valence-corrected chi connectivity index (χ2v) is 7.99. The minimum absolute atomic E-state index is 0.273. The van der Waals surface area contributed by atoms with Crippen molar-refractivity contribution in [3.63, 3.8) is 0 Å². The van der Waals surface area contributed by atoms with Gasteiger partial charge in [0.15, 0.2) is 5.75 Å². The van der Waals surface area contributed by atoms with E-state index >= 15 is 0 Å². The topological polar surface area (TPSA) is 122 Å². The Kier molecular flexibility index (Phi) is 5.47. The fourth-order valence-corrected chi connectivity index (χ4v) is 3.67. The summed E-state index contributed by atoms with van der Waals surface area (Å²) in [6.45, 7) is 4.70. The number of amides is 1. The van der Waals surface area contributed by atoms with E-state index in [2.05, 4.69) is 6.26 Å². The fourth-order valence-electron chi connectivity index (χ4n) is 2.29. The molecule has 0 aliphatic carbocycles. The average molecular weight is 316 g/mol. The van der Waals surface area contributed by atoms with Crippen LogP contribution >= 0.6 is 0 Å². The maximum Gasteiger partial charge on any atom is 0.275 e. The Hall–Kier alpha value is -0.0900. The average Bonchev–Trinajstić information content (AvgIpc) is 2.38. The molecule has 19 heavy (non-hydrogen) atoms. The summed E-state index contributed by atoms with van der Waals surface area (Å²) in [5.74, 6) is 2.16. The predicted octanol–water partition coefficient (Wildman–Crippen LogP) is -4.15. The van der Waals surface area contributed by atoms with Gasteiger partial charge in [-0.25, -0.2) is 18.6 Å². The molecule has 2 aliphatic heterocycles. The van der Waals surface area contributed by atoms with Crippen molar-refractivity contribution >= 4 is 16.8 Å². The molecule has 0 spiro atoms. The number of hydrogen-bond acceptors (Lipinski definition) is 6. The van der Waals surface area contributed by atoms with Crippen LogP contribution in [0.1, 0.15) is 20.3 Å². The van der Waals surface area contributed by atoms with E-state index in [-0.39, 0.29) is 22.5 Å². The van der Waals surface area contributed by atoms with Crippen molar-refractivity contribution in [2.24, 2.45) is 0 Å². The molecule has 2 saturated heterocycles. The van der Waals surface area contributed by atoms with Crippen LogP contribution < -0.4 is 18.6 Å². The Balaban J connectivity index is 0.000000312. The van der Waals surface area contributed by atoms with E-state index in [9.17, 15) is 4.79 Å². The summed E-state index contributed by atoms with van der Waals surface area (Å²) in [6.07, 6.45) is 3.29. The first kappa shape index (κ1) is 17.0. The highest BCUT2D eigenvalue weighted by atomic mass is 35.7. The highest BCUT2D eigenvalue weighted by molar-refractivity contribution is 7.96. The molecular formula is C10H18ClNO6S. The largest absolute Gasteiger partial charge is 0.354 e. The van der Waals surface area contributed by atoms with Gasteiger partial charge in [0, 0.05) is 6.42 Å². The summed E-state index contributed by atoms with van der Waals surface area (Å²) in [6, 6.07) is 0.329.